The van der Waals surface area contributed by atoms with Gasteiger partial charge in [-0.3, -0.25) is 9.69 Å². The molecule has 2 aliphatic rings. The molecule has 3 heterocycles. The largest absolute Gasteiger partial charge is 0.493 e. The number of benzene rings is 2. The van der Waals surface area contributed by atoms with Gasteiger partial charge in [0.05, 0.1) is 38.0 Å². The molecule has 2 aromatic carbocycles. The van der Waals surface area contributed by atoms with E-state index in [9.17, 15) is 9.59 Å². The maximum atomic E-state index is 13.0. The molecule has 2 saturated heterocycles. The average molecular weight is 564 g/mol. The predicted octanol–water partition coefficient (Wildman–Crippen LogP) is 4.72. The van der Waals surface area contributed by atoms with Crippen LogP contribution in [-0.4, -0.2) is 69.5 Å². The SMILES string of the molecule is COC(=O)c1ccc(COc2ccc(/C=C3\SC(=Nc4ccc(N5CCOCC5)cc4)N(C)C3=O)cc2OC)o1. The number of ether oxygens (including phenoxy) is 4. The highest BCUT2D eigenvalue weighted by atomic mass is 32.2. The van der Waals surface area contributed by atoms with Crippen LogP contribution < -0.4 is 14.4 Å². The molecule has 2 fully saturated rings. The molecule has 0 unspecified atom stereocenters. The smallest absolute Gasteiger partial charge is 0.373 e. The van der Waals surface area contributed by atoms with Crippen molar-refractivity contribution in [1.82, 2.24) is 4.90 Å². The number of nitrogens with zero attached hydrogens (tertiary/aromatic N) is 3. The summed E-state index contributed by atoms with van der Waals surface area (Å²) in [5, 5.41) is 0.604. The number of amides is 1. The minimum Gasteiger partial charge on any atom is -0.493 e. The van der Waals surface area contributed by atoms with E-state index in [1.807, 2.05) is 30.3 Å². The fourth-order valence-corrected chi connectivity index (χ4v) is 5.17. The average Bonchev–Trinajstić information content (AvgIpc) is 3.57. The van der Waals surface area contributed by atoms with Crippen molar-refractivity contribution in [3.8, 4) is 11.5 Å². The number of carbonyl (C=O) groups excluding carboxylic acids is 2. The molecule has 2 aliphatic heterocycles. The fourth-order valence-electron chi connectivity index (χ4n) is 4.18. The molecule has 1 amide bonds. The van der Waals surface area contributed by atoms with Crippen LogP contribution in [0.3, 0.4) is 0 Å². The number of carbonyl (C=O) groups is 2. The molecule has 0 saturated carbocycles. The van der Waals surface area contributed by atoms with Gasteiger partial charge in [-0.2, -0.15) is 0 Å². The number of thioether (sulfide) groups is 1. The molecule has 3 aromatic rings. The predicted molar refractivity (Wildman–Crippen MR) is 152 cm³/mol. The lowest BCUT2D eigenvalue weighted by Crippen LogP contribution is -2.36. The van der Waals surface area contributed by atoms with Crippen LogP contribution in [0.25, 0.3) is 6.08 Å². The second kappa shape index (κ2) is 12.3. The van der Waals surface area contributed by atoms with E-state index >= 15 is 0 Å². The lowest BCUT2D eigenvalue weighted by molar-refractivity contribution is -0.121. The van der Waals surface area contributed by atoms with Crippen LogP contribution in [0.1, 0.15) is 21.9 Å². The Morgan fingerprint density at radius 1 is 1.05 bits per heavy atom. The Kier molecular flexibility index (Phi) is 8.42. The zero-order valence-corrected chi connectivity index (χ0v) is 23.2. The van der Waals surface area contributed by atoms with E-state index in [-0.39, 0.29) is 18.3 Å². The number of likely N-dealkylation sites (N-methyl/N-ethyl adjacent to an activating group) is 1. The molecule has 1 aromatic heterocycles. The number of methoxy groups -OCH3 is 2. The molecule has 11 heteroatoms. The molecule has 40 heavy (non-hydrogen) atoms. The number of morpholine rings is 1. The summed E-state index contributed by atoms with van der Waals surface area (Å²) in [7, 11) is 4.55. The van der Waals surface area contributed by atoms with Crippen LogP contribution in [0.15, 0.2) is 68.9 Å². The number of amidine groups is 1. The Morgan fingerprint density at radius 2 is 1.82 bits per heavy atom. The minimum absolute atomic E-state index is 0.0974. The molecule has 0 atom stereocenters. The number of furan rings is 1. The second-order valence-corrected chi connectivity index (χ2v) is 9.95. The van der Waals surface area contributed by atoms with Crippen LogP contribution in [0, 0.1) is 0 Å². The van der Waals surface area contributed by atoms with Crippen molar-refractivity contribution in [3.63, 3.8) is 0 Å². The summed E-state index contributed by atoms with van der Waals surface area (Å²) < 4.78 is 26.9. The van der Waals surface area contributed by atoms with Gasteiger partial charge in [-0.1, -0.05) is 6.07 Å². The lowest BCUT2D eigenvalue weighted by Gasteiger charge is -2.28. The van der Waals surface area contributed by atoms with Gasteiger partial charge < -0.3 is 28.3 Å². The van der Waals surface area contributed by atoms with Crippen LogP contribution in [0.2, 0.25) is 0 Å². The number of hydrogen-bond acceptors (Lipinski definition) is 10. The molecule has 0 N–H and O–H groups in total. The van der Waals surface area contributed by atoms with E-state index in [0.717, 1.165) is 43.2 Å². The maximum Gasteiger partial charge on any atom is 0.373 e. The van der Waals surface area contributed by atoms with Crippen LogP contribution in [-0.2, 0) is 20.9 Å². The zero-order valence-electron chi connectivity index (χ0n) is 22.4. The Bertz CT molecular complexity index is 1440. The number of hydrogen-bond donors (Lipinski definition) is 0. The van der Waals surface area contributed by atoms with Gasteiger partial charge in [0.25, 0.3) is 5.91 Å². The summed E-state index contributed by atoms with van der Waals surface area (Å²) in [5.41, 5.74) is 2.68. The van der Waals surface area contributed by atoms with Gasteiger partial charge in [-0.05, 0) is 71.9 Å². The third-order valence-electron chi connectivity index (χ3n) is 6.36. The van der Waals surface area contributed by atoms with Gasteiger partial charge in [0.1, 0.15) is 12.4 Å². The van der Waals surface area contributed by atoms with Crippen molar-refractivity contribution in [2.75, 3.05) is 52.5 Å². The van der Waals surface area contributed by atoms with Crippen LogP contribution in [0.5, 0.6) is 11.5 Å². The number of rotatable bonds is 8. The summed E-state index contributed by atoms with van der Waals surface area (Å²) in [6, 6.07) is 16.6. The zero-order chi connectivity index (χ0) is 28.1. The Labute approximate surface area is 236 Å². The summed E-state index contributed by atoms with van der Waals surface area (Å²) in [4.78, 5) is 33.6. The second-order valence-electron chi connectivity index (χ2n) is 8.94. The molecule has 0 radical (unpaired) electrons. The van der Waals surface area contributed by atoms with Gasteiger partial charge in [-0.15, -0.1) is 0 Å². The minimum atomic E-state index is -0.555. The topological polar surface area (TPSA) is 103 Å². The highest BCUT2D eigenvalue weighted by molar-refractivity contribution is 8.18. The molecule has 208 valence electrons. The van der Waals surface area contributed by atoms with Crippen molar-refractivity contribution >= 4 is 46.3 Å². The first-order chi connectivity index (χ1) is 19.4. The van der Waals surface area contributed by atoms with E-state index in [0.29, 0.717) is 27.3 Å². The van der Waals surface area contributed by atoms with E-state index in [4.69, 9.17) is 23.6 Å². The van der Waals surface area contributed by atoms with Crippen LogP contribution >= 0.6 is 11.8 Å². The standard InChI is InChI=1S/C29H29N3O7S/c1-31-27(33)26(40-29(31)30-20-5-7-21(8-6-20)32-12-14-37-15-13-32)17-19-4-10-23(25(16-19)35-2)38-18-22-9-11-24(39-22)28(34)36-3/h4-11,16-17H,12-15,18H2,1-3H3/b26-17-,30-29?. The monoisotopic (exact) mass is 563 g/mol. The van der Waals surface area contributed by atoms with Crippen molar-refractivity contribution in [1.29, 1.82) is 0 Å². The Morgan fingerprint density at radius 3 is 2.55 bits per heavy atom. The van der Waals surface area contributed by atoms with E-state index in [1.165, 1.54) is 24.9 Å². The molecule has 10 nitrogen and oxygen atoms in total. The summed E-state index contributed by atoms with van der Waals surface area (Å²) in [5.74, 6) is 0.866. The van der Waals surface area contributed by atoms with E-state index in [1.54, 1.807) is 43.3 Å². The fraction of sp³-hybridized carbons (Fsp3) is 0.276. The molecule has 5 rings (SSSR count). The first kappa shape index (κ1) is 27.4. The molecular weight excluding hydrogens is 534 g/mol. The summed E-state index contributed by atoms with van der Waals surface area (Å²) >= 11 is 1.32. The normalized spacial score (nSPS) is 17.5. The third kappa shape index (κ3) is 6.16. The highest BCUT2D eigenvalue weighted by Gasteiger charge is 2.30. The first-order valence-corrected chi connectivity index (χ1v) is 13.4. The van der Waals surface area contributed by atoms with Crippen molar-refractivity contribution in [2.24, 2.45) is 4.99 Å². The summed E-state index contributed by atoms with van der Waals surface area (Å²) in [6.45, 7) is 3.30. The van der Waals surface area contributed by atoms with Crippen molar-refractivity contribution in [2.45, 2.75) is 6.61 Å². The quantitative estimate of drug-likeness (QED) is 0.284. The Hall–Kier alpha value is -4.22. The van der Waals surface area contributed by atoms with Gasteiger partial charge in [0.15, 0.2) is 16.7 Å². The Balaban J connectivity index is 1.26. The molecular formula is C29H29N3O7S. The number of anilines is 1. The van der Waals surface area contributed by atoms with Gasteiger partial charge >= 0.3 is 5.97 Å². The molecule has 0 aliphatic carbocycles. The van der Waals surface area contributed by atoms with Gasteiger partial charge in [0.2, 0.25) is 5.76 Å². The van der Waals surface area contributed by atoms with Crippen molar-refractivity contribution < 1.29 is 33.0 Å². The first-order valence-electron chi connectivity index (χ1n) is 12.6. The number of esters is 1. The maximum absolute atomic E-state index is 13.0. The third-order valence-corrected chi connectivity index (χ3v) is 7.42. The van der Waals surface area contributed by atoms with E-state index < -0.39 is 5.97 Å². The molecule has 0 spiro atoms. The molecule has 0 bridgehead atoms. The van der Waals surface area contributed by atoms with Crippen LogP contribution in [0.4, 0.5) is 11.4 Å². The van der Waals surface area contributed by atoms with Gasteiger partial charge in [0, 0.05) is 25.8 Å². The van der Waals surface area contributed by atoms with E-state index in [2.05, 4.69) is 9.64 Å². The summed E-state index contributed by atoms with van der Waals surface area (Å²) in [6.07, 6.45) is 1.80. The highest BCUT2D eigenvalue weighted by Crippen LogP contribution is 2.35. The van der Waals surface area contributed by atoms with Crippen molar-refractivity contribution in [3.05, 3.63) is 76.6 Å². The van der Waals surface area contributed by atoms with Gasteiger partial charge in [-0.25, -0.2) is 9.79 Å². The number of aliphatic imine (C=N–C) groups is 1. The lowest BCUT2D eigenvalue weighted by atomic mass is 10.2.